The van der Waals surface area contributed by atoms with E-state index in [1.807, 2.05) is 0 Å². The van der Waals surface area contributed by atoms with Crippen LogP contribution >= 0.6 is 0 Å². The first kappa shape index (κ1) is 16.7. The van der Waals surface area contributed by atoms with Crippen molar-refractivity contribution in [3.63, 3.8) is 0 Å². The molecule has 2 amide bonds. The van der Waals surface area contributed by atoms with Gasteiger partial charge in [0.05, 0.1) is 5.92 Å². The molecular weight excluding hydrogens is 270 g/mol. The Balaban J connectivity index is 2.72. The Morgan fingerprint density at radius 3 is 2.71 bits per heavy atom. The molecule has 6 heteroatoms. The molecule has 0 aliphatic heterocycles. The monoisotopic (exact) mass is 289 g/mol. The highest BCUT2D eigenvalue weighted by molar-refractivity contribution is 5.92. The Kier molecular flexibility index (Phi) is 6.37. The topological polar surface area (TPSA) is 82.5 Å². The van der Waals surface area contributed by atoms with Gasteiger partial charge in [-0.15, -0.1) is 0 Å². The predicted molar refractivity (Wildman–Crippen MR) is 78.4 cm³/mol. The number of carbonyl (C=O) groups is 2. The lowest BCUT2D eigenvalue weighted by molar-refractivity contribution is -0.124. The fraction of sp³-hybridized carbons (Fsp3) is 0.400. The number of carbonyl (C=O) groups excluding carboxylic acids is 2. The van der Waals surface area contributed by atoms with Crippen molar-refractivity contribution in [3.05, 3.63) is 29.6 Å². The second-order valence-electron chi connectivity index (χ2n) is 4.59. The first-order chi connectivity index (χ1) is 9.99. The molecule has 6 nitrogen and oxygen atoms in total. The summed E-state index contributed by atoms with van der Waals surface area (Å²) in [6.07, 6.45) is 1.48. The molecule has 0 bridgehead atoms. The van der Waals surface area contributed by atoms with Crippen LogP contribution in [0.5, 0.6) is 0 Å². The smallest absolute Gasteiger partial charge is 0.272 e. The molecule has 1 heterocycles. The van der Waals surface area contributed by atoms with Crippen molar-refractivity contribution in [1.82, 2.24) is 15.2 Å². The van der Waals surface area contributed by atoms with E-state index in [9.17, 15) is 9.59 Å². The van der Waals surface area contributed by atoms with E-state index < -0.39 is 0 Å². The van der Waals surface area contributed by atoms with E-state index in [0.29, 0.717) is 12.1 Å². The van der Waals surface area contributed by atoms with Gasteiger partial charge >= 0.3 is 0 Å². The Morgan fingerprint density at radius 2 is 2.19 bits per heavy atom. The molecule has 21 heavy (non-hydrogen) atoms. The highest BCUT2D eigenvalue weighted by Gasteiger charge is 2.19. The van der Waals surface area contributed by atoms with Crippen molar-refractivity contribution >= 4 is 11.8 Å². The van der Waals surface area contributed by atoms with Gasteiger partial charge in [-0.05, 0) is 12.1 Å². The fourth-order valence-electron chi connectivity index (χ4n) is 1.75. The van der Waals surface area contributed by atoms with Gasteiger partial charge in [0.15, 0.2) is 0 Å². The second kappa shape index (κ2) is 8.02. The normalized spacial score (nSPS) is 11.0. The molecule has 0 spiro atoms. The second-order valence-corrected chi connectivity index (χ2v) is 4.59. The van der Waals surface area contributed by atoms with E-state index in [1.54, 1.807) is 33.2 Å². The third-order valence-corrected chi connectivity index (χ3v) is 2.88. The lowest BCUT2D eigenvalue weighted by Crippen LogP contribution is -2.37. The number of nitrogens with one attached hydrogen (secondary N) is 1. The number of hydrogen-bond donors (Lipinski definition) is 2. The Labute approximate surface area is 124 Å². The zero-order valence-electron chi connectivity index (χ0n) is 12.4. The largest absolute Gasteiger partial charge is 0.384 e. The quantitative estimate of drug-likeness (QED) is 0.757. The number of rotatable bonds is 4. The molecule has 2 N–H and O–H groups in total. The molecule has 1 aromatic rings. The van der Waals surface area contributed by atoms with Gasteiger partial charge in [-0.25, -0.2) is 4.98 Å². The van der Waals surface area contributed by atoms with Crippen molar-refractivity contribution in [3.8, 4) is 11.8 Å². The van der Waals surface area contributed by atoms with Gasteiger partial charge in [0.25, 0.3) is 5.91 Å². The van der Waals surface area contributed by atoms with Crippen LogP contribution in [0.1, 0.15) is 23.0 Å². The molecule has 0 aromatic carbocycles. The van der Waals surface area contributed by atoms with E-state index in [0.717, 1.165) is 0 Å². The molecule has 1 unspecified atom stereocenters. The number of amides is 2. The number of aliphatic hydroxyl groups is 1. The van der Waals surface area contributed by atoms with Crippen LogP contribution in [0, 0.1) is 17.8 Å². The standard InChI is InChI=1S/C15H19N3O3/c1-11(14(20)16-2)10-18(3)15(21)13-7-6-12(9-17-13)5-4-8-19/h6-7,9,11,19H,8,10H2,1-3H3,(H,16,20). The summed E-state index contributed by atoms with van der Waals surface area (Å²) in [5, 5.41) is 11.2. The van der Waals surface area contributed by atoms with E-state index in [4.69, 9.17) is 5.11 Å². The first-order valence-corrected chi connectivity index (χ1v) is 6.52. The summed E-state index contributed by atoms with van der Waals surface area (Å²) in [5.41, 5.74) is 0.915. The minimum atomic E-state index is -0.293. The molecular formula is C15H19N3O3. The van der Waals surface area contributed by atoms with Crippen LogP contribution < -0.4 is 5.32 Å². The van der Waals surface area contributed by atoms with Crippen molar-refractivity contribution in [1.29, 1.82) is 0 Å². The summed E-state index contributed by atoms with van der Waals surface area (Å²) in [4.78, 5) is 29.1. The van der Waals surface area contributed by atoms with E-state index in [2.05, 4.69) is 22.1 Å². The predicted octanol–water partition coefficient (Wildman–Crippen LogP) is -0.121. The van der Waals surface area contributed by atoms with Gasteiger partial charge in [0.2, 0.25) is 5.91 Å². The van der Waals surface area contributed by atoms with Crippen molar-refractivity contribution in [2.24, 2.45) is 5.92 Å². The minimum Gasteiger partial charge on any atom is -0.384 e. The Bertz CT molecular complexity index is 558. The van der Waals surface area contributed by atoms with E-state index in [-0.39, 0.29) is 30.0 Å². The Morgan fingerprint density at radius 1 is 1.48 bits per heavy atom. The molecule has 0 saturated carbocycles. The van der Waals surface area contributed by atoms with Crippen LogP contribution in [0.3, 0.4) is 0 Å². The fourth-order valence-corrected chi connectivity index (χ4v) is 1.75. The number of nitrogens with zero attached hydrogens (tertiary/aromatic N) is 2. The van der Waals surface area contributed by atoms with Crippen molar-refractivity contribution < 1.29 is 14.7 Å². The van der Waals surface area contributed by atoms with Gasteiger partial charge in [-0.3, -0.25) is 9.59 Å². The van der Waals surface area contributed by atoms with Gasteiger partial charge < -0.3 is 15.3 Å². The molecule has 1 atom stereocenters. The van der Waals surface area contributed by atoms with E-state index in [1.165, 1.54) is 11.1 Å². The summed E-state index contributed by atoms with van der Waals surface area (Å²) in [6.45, 7) is 1.84. The molecule has 112 valence electrons. The maximum atomic E-state index is 12.2. The van der Waals surface area contributed by atoms with Gasteiger partial charge in [0.1, 0.15) is 12.3 Å². The van der Waals surface area contributed by atoms with Crippen LogP contribution in [0.2, 0.25) is 0 Å². The maximum absolute atomic E-state index is 12.2. The SMILES string of the molecule is CNC(=O)C(C)CN(C)C(=O)c1ccc(C#CCO)cn1. The molecule has 0 aliphatic carbocycles. The molecule has 0 saturated heterocycles. The van der Waals surface area contributed by atoms with Crippen LogP contribution in [-0.4, -0.2) is 54.1 Å². The van der Waals surface area contributed by atoms with Crippen LogP contribution in [0.25, 0.3) is 0 Å². The highest BCUT2D eigenvalue weighted by atomic mass is 16.2. The minimum absolute atomic E-state index is 0.114. The number of aromatic nitrogens is 1. The summed E-state index contributed by atoms with van der Waals surface area (Å²) in [5.74, 6) is 4.55. The average Bonchev–Trinajstić information content (AvgIpc) is 2.51. The Hall–Kier alpha value is -2.39. The van der Waals surface area contributed by atoms with Crippen molar-refractivity contribution in [2.45, 2.75) is 6.92 Å². The number of pyridine rings is 1. The average molecular weight is 289 g/mol. The zero-order valence-corrected chi connectivity index (χ0v) is 12.4. The van der Waals surface area contributed by atoms with Crippen LogP contribution in [0.4, 0.5) is 0 Å². The summed E-state index contributed by atoms with van der Waals surface area (Å²) < 4.78 is 0. The summed E-state index contributed by atoms with van der Waals surface area (Å²) in [7, 11) is 3.19. The third-order valence-electron chi connectivity index (χ3n) is 2.88. The third kappa shape index (κ3) is 4.89. The van der Waals surface area contributed by atoms with E-state index >= 15 is 0 Å². The van der Waals surface area contributed by atoms with Crippen LogP contribution in [-0.2, 0) is 4.79 Å². The molecule has 0 aliphatic rings. The molecule has 1 rings (SSSR count). The van der Waals surface area contributed by atoms with Gasteiger partial charge in [-0.1, -0.05) is 18.8 Å². The number of hydrogen-bond acceptors (Lipinski definition) is 4. The maximum Gasteiger partial charge on any atom is 0.272 e. The van der Waals surface area contributed by atoms with Gasteiger partial charge in [-0.2, -0.15) is 0 Å². The molecule has 0 radical (unpaired) electrons. The molecule has 1 aromatic heterocycles. The zero-order chi connectivity index (χ0) is 15.8. The molecule has 0 fully saturated rings. The lowest BCUT2D eigenvalue weighted by Gasteiger charge is -2.20. The summed E-state index contributed by atoms with van der Waals surface area (Å²) in [6, 6.07) is 3.24. The lowest BCUT2D eigenvalue weighted by atomic mass is 10.1. The highest BCUT2D eigenvalue weighted by Crippen LogP contribution is 2.05. The number of aliphatic hydroxyl groups excluding tert-OH is 1. The van der Waals surface area contributed by atoms with Gasteiger partial charge in [0, 0.05) is 32.4 Å². The van der Waals surface area contributed by atoms with Crippen molar-refractivity contribution in [2.75, 3.05) is 27.2 Å². The van der Waals surface area contributed by atoms with Crippen LogP contribution in [0.15, 0.2) is 18.3 Å². The first-order valence-electron chi connectivity index (χ1n) is 6.52. The summed E-state index contributed by atoms with van der Waals surface area (Å²) >= 11 is 0.